The SMILES string of the molecule is COc1cc(CN)ccc1OCc1cccc(C)n1. The van der Waals surface area contributed by atoms with Gasteiger partial charge in [0.2, 0.25) is 0 Å². The summed E-state index contributed by atoms with van der Waals surface area (Å²) in [5.41, 5.74) is 8.48. The van der Waals surface area contributed by atoms with Gasteiger partial charge in [-0.05, 0) is 36.8 Å². The first-order chi connectivity index (χ1) is 9.22. The lowest BCUT2D eigenvalue weighted by atomic mass is 10.2. The first-order valence-corrected chi connectivity index (χ1v) is 6.15. The molecule has 19 heavy (non-hydrogen) atoms. The number of hydrogen-bond acceptors (Lipinski definition) is 4. The van der Waals surface area contributed by atoms with Crippen LogP contribution in [-0.2, 0) is 13.2 Å². The molecule has 4 heteroatoms. The summed E-state index contributed by atoms with van der Waals surface area (Å²) in [7, 11) is 1.62. The summed E-state index contributed by atoms with van der Waals surface area (Å²) < 4.78 is 11.0. The van der Waals surface area contributed by atoms with Gasteiger partial charge in [-0.15, -0.1) is 0 Å². The molecule has 4 nitrogen and oxygen atoms in total. The van der Waals surface area contributed by atoms with Crippen molar-refractivity contribution in [3.63, 3.8) is 0 Å². The maximum Gasteiger partial charge on any atom is 0.161 e. The van der Waals surface area contributed by atoms with Crippen molar-refractivity contribution in [2.45, 2.75) is 20.1 Å². The molecule has 0 atom stereocenters. The molecule has 0 radical (unpaired) electrons. The Morgan fingerprint density at radius 3 is 2.68 bits per heavy atom. The average Bonchev–Trinajstić information content (AvgIpc) is 2.45. The van der Waals surface area contributed by atoms with E-state index in [0.717, 1.165) is 17.0 Å². The molecule has 0 bridgehead atoms. The van der Waals surface area contributed by atoms with Gasteiger partial charge in [0.1, 0.15) is 6.61 Å². The van der Waals surface area contributed by atoms with Crippen LogP contribution in [0.4, 0.5) is 0 Å². The number of aromatic nitrogens is 1. The quantitative estimate of drug-likeness (QED) is 0.895. The predicted octanol–water partition coefficient (Wildman–Crippen LogP) is 2.44. The Bertz CT molecular complexity index is 556. The van der Waals surface area contributed by atoms with Crippen molar-refractivity contribution in [2.24, 2.45) is 5.73 Å². The lowest BCUT2D eigenvalue weighted by Gasteiger charge is -2.11. The Balaban J connectivity index is 2.11. The highest BCUT2D eigenvalue weighted by Gasteiger charge is 2.06. The third-order valence-electron chi connectivity index (χ3n) is 2.79. The second kappa shape index (κ2) is 6.20. The van der Waals surface area contributed by atoms with Crippen molar-refractivity contribution in [1.29, 1.82) is 0 Å². The maximum atomic E-state index is 5.74. The van der Waals surface area contributed by atoms with Crippen molar-refractivity contribution >= 4 is 0 Å². The molecule has 2 rings (SSSR count). The normalized spacial score (nSPS) is 10.3. The maximum absolute atomic E-state index is 5.74. The first kappa shape index (κ1) is 13.4. The third kappa shape index (κ3) is 3.45. The molecule has 0 spiro atoms. The van der Waals surface area contributed by atoms with Crippen LogP contribution in [0.15, 0.2) is 36.4 Å². The molecule has 0 aliphatic carbocycles. The van der Waals surface area contributed by atoms with Gasteiger partial charge in [-0.1, -0.05) is 12.1 Å². The first-order valence-electron chi connectivity index (χ1n) is 6.15. The molecule has 0 unspecified atom stereocenters. The van der Waals surface area contributed by atoms with Crippen LogP contribution in [0, 0.1) is 6.92 Å². The Labute approximate surface area is 113 Å². The monoisotopic (exact) mass is 258 g/mol. The number of nitrogens with zero attached hydrogens (tertiary/aromatic N) is 1. The van der Waals surface area contributed by atoms with Crippen molar-refractivity contribution < 1.29 is 9.47 Å². The molecule has 100 valence electrons. The fraction of sp³-hybridized carbons (Fsp3) is 0.267. The molecule has 0 fully saturated rings. The summed E-state index contributed by atoms with van der Waals surface area (Å²) in [6.07, 6.45) is 0. The van der Waals surface area contributed by atoms with E-state index >= 15 is 0 Å². The molecule has 1 heterocycles. The number of benzene rings is 1. The molecule has 0 aliphatic heterocycles. The highest BCUT2D eigenvalue weighted by atomic mass is 16.5. The van der Waals surface area contributed by atoms with Crippen molar-refractivity contribution in [3.8, 4) is 11.5 Å². The van der Waals surface area contributed by atoms with E-state index in [1.165, 1.54) is 0 Å². The second-order valence-corrected chi connectivity index (χ2v) is 4.25. The summed E-state index contributed by atoms with van der Waals surface area (Å²) in [5, 5.41) is 0. The lowest BCUT2D eigenvalue weighted by Crippen LogP contribution is -2.02. The molecule has 2 aromatic rings. The summed E-state index contributed by atoms with van der Waals surface area (Å²) in [4.78, 5) is 4.39. The topological polar surface area (TPSA) is 57.4 Å². The molecule has 0 saturated carbocycles. The summed E-state index contributed by atoms with van der Waals surface area (Å²) in [5.74, 6) is 1.39. The van der Waals surface area contributed by atoms with Crippen LogP contribution in [-0.4, -0.2) is 12.1 Å². The molecular formula is C15H18N2O2. The zero-order valence-electron chi connectivity index (χ0n) is 11.2. The van der Waals surface area contributed by atoms with Crippen LogP contribution in [0.25, 0.3) is 0 Å². The van der Waals surface area contributed by atoms with Crippen molar-refractivity contribution in [1.82, 2.24) is 4.98 Å². The van der Waals surface area contributed by atoms with Gasteiger partial charge in [-0.3, -0.25) is 4.98 Å². The van der Waals surface area contributed by atoms with Crippen LogP contribution in [0.5, 0.6) is 11.5 Å². The van der Waals surface area contributed by atoms with Gasteiger partial charge in [0.25, 0.3) is 0 Å². The minimum Gasteiger partial charge on any atom is -0.493 e. The van der Waals surface area contributed by atoms with Gasteiger partial charge in [0.05, 0.1) is 12.8 Å². The summed E-state index contributed by atoms with van der Waals surface area (Å²) in [6, 6.07) is 11.6. The Kier molecular flexibility index (Phi) is 4.36. The molecule has 2 N–H and O–H groups in total. The van der Waals surface area contributed by atoms with Crippen molar-refractivity contribution in [3.05, 3.63) is 53.3 Å². The minimum absolute atomic E-state index is 0.417. The fourth-order valence-corrected chi connectivity index (χ4v) is 1.79. The van der Waals surface area contributed by atoms with Gasteiger partial charge in [0, 0.05) is 12.2 Å². The van der Waals surface area contributed by atoms with E-state index in [-0.39, 0.29) is 0 Å². The van der Waals surface area contributed by atoms with Crippen LogP contribution in [0.1, 0.15) is 17.0 Å². The average molecular weight is 258 g/mol. The number of nitrogens with two attached hydrogens (primary N) is 1. The van der Waals surface area contributed by atoms with E-state index in [0.29, 0.717) is 24.7 Å². The van der Waals surface area contributed by atoms with E-state index in [4.69, 9.17) is 15.2 Å². The zero-order valence-corrected chi connectivity index (χ0v) is 11.2. The van der Waals surface area contributed by atoms with E-state index in [9.17, 15) is 0 Å². The molecule has 1 aromatic heterocycles. The zero-order chi connectivity index (χ0) is 13.7. The van der Waals surface area contributed by atoms with Gasteiger partial charge in [-0.25, -0.2) is 0 Å². The summed E-state index contributed by atoms with van der Waals surface area (Å²) >= 11 is 0. The largest absolute Gasteiger partial charge is 0.493 e. The van der Waals surface area contributed by atoms with Crippen molar-refractivity contribution in [2.75, 3.05) is 7.11 Å². The second-order valence-electron chi connectivity index (χ2n) is 4.25. The smallest absolute Gasteiger partial charge is 0.161 e. The number of rotatable bonds is 5. The highest BCUT2D eigenvalue weighted by molar-refractivity contribution is 5.43. The molecule has 0 saturated heterocycles. The molecule has 0 aliphatic rings. The van der Waals surface area contributed by atoms with E-state index in [2.05, 4.69) is 4.98 Å². The lowest BCUT2D eigenvalue weighted by molar-refractivity contribution is 0.280. The van der Waals surface area contributed by atoms with Gasteiger partial charge >= 0.3 is 0 Å². The highest BCUT2D eigenvalue weighted by Crippen LogP contribution is 2.28. The Morgan fingerprint density at radius 1 is 1.16 bits per heavy atom. The standard InChI is InChI=1S/C15H18N2O2/c1-11-4-3-5-13(17-11)10-19-14-7-6-12(9-16)8-15(14)18-2/h3-8H,9-10,16H2,1-2H3. The molecule has 1 aromatic carbocycles. The number of methoxy groups -OCH3 is 1. The van der Waals surface area contributed by atoms with Crippen LogP contribution in [0.3, 0.4) is 0 Å². The predicted molar refractivity (Wildman–Crippen MR) is 74.2 cm³/mol. The van der Waals surface area contributed by atoms with E-state index in [1.54, 1.807) is 7.11 Å². The van der Waals surface area contributed by atoms with E-state index in [1.807, 2.05) is 43.3 Å². The number of hydrogen-bond donors (Lipinski definition) is 1. The number of pyridine rings is 1. The minimum atomic E-state index is 0.417. The Hall–Kier alpha value is -2.07. The summed E-state index contributed by atoms with van der Waals surface area (Å²) in [6.45, 7) is 2.86. The van der Waals surface area contributed by atoms with Crippen LogP contribution < -0.4 is 15.2 Å². The van der Waals surface area contributed by atoms with Gasteiger partial charge in [-0.2, -0.15) is 0 Å². The number of aryl methyl sites for hydroxylation is 1. The molecular weight excluding hydrogens is 240 g/mol. The fourth-order valence-electron chi connectivity index (χ4n) is 1.79. The molecule has 0 amide bonds. The van der Waals surface area contributed by atoms with Gasteiger partial charge < -0.3 is 15.2 Å². The van der Waals surface area contributed by atoms with Crippen LogP contribution in [0.2, 0.25) is 0 Å². The van der Waals surface area contributed by atoms with Gasteiger partial charge in [0.15, 0.2) is 11.5 Å². The Morgan fingerprint density at radius 2 is 2.00 bits per heavy atom. The van der Waals surface area contributed by atoms with Crippen LogP contribution >= 0.6 is 0 Å². The number of ether oxygens (including phenoxy) is 2. The third-order valence-corrected chi connectivity index (χ3v) is 2.79. The van der Waals surface area contributed by atoms with E-state index < -0.39 is 0 Å².